The Morgan fingerprint density at radius 2 is 2.00 bits per heavy atom. The second kappa shape index (κ2) is 9.30. The Kier molecular flexibility index (Phi) is 7.74. The molecule has 1 atom stereocenters. The van der Waals surface area contributed by atoms with E-state index in [1.54, 1.807) is 26.2 Å². The highest BCUT2D eigenvalue weighted by atomic mass is 16.5. The first-order chi connectivity index (χ1) is 10.5. The highest BCUT2D eigenvalue weighted by molar-refractivity contribution is 5.69. The molecule has 22 heavy (non-hydrogen) atoms. The van der Waals surface area contributed by atoms with E-state index in [-0.39, 0.29) is 11.9 Å². The quantitative estimate of drug-likeness (QED) is 0.561. The van der Waals surface area contributed by atoms with Gasteiger partial charge in [-0.25, -0.2) is 0 Å². The SMILES string of the molecule is CCOC(=O)CCCOc1ccc(C(O)C(C)C)cc1OC. The van der Waals surface area contributed by atoms with Crippen molar-refractivity contribution in [2.75, 3.05) is 20.3 Å². The molecule has 0 spiro atoms. The van der Waals surface area contributed by atoms with Crippen LogP contribution in [-0.4, -0.2) is 31.4 Å². The van der Waals surface area contributed by atoms with Crippen molar-refractivity contribution in [3.63, 3.8) is 0 Å². The lowest BCUT2D eigenvalue weighted by molar-refractivity contribution is -0.143. The Morgan fingerprint density at radius 3 is 2.59 bits per heavy atom. The Bertz CT molecular complexity index is 470. The van der Waals surface area contributed by atoms with Crippen LogP contribution in [0, 0.1) is 5.92 Å². The zero-order valence-corrected chi connectivity index (χ0v) is 13.8. The zero-order chi connectivity index (χ0) is 16.5. The van der Waals surface area contributed by atoms with Gasteiger partial charge in [0.05, 0.1) is 26.4 Å². The van der Waals surface area contributed by atoms with E-state index in [4.69, 9.17) is 14.2 Å². The summed E-state index contributed by atoms with van der Waals surface area (Å²) in [6, 6.07) is 5.39. The summed E-state index contributed by atoms with van der Waals surface area (Å²) < 4.78 is 15.8. The fourth-order valence-electron chi connectivity index (χ4n) is 2.00. The van der Waals surface area contributed by atoms with Gasteiger partial charge in [-0.1, -0.05) is 19.9 Å². The first-order valence-corrected chi connectivity index (χ1v) is 7.64. The van der Waals surface area contributed by atoms with Gasteiger partial charge in [0.1, 0.15) is 0 Å². The molecule has 0 aromatic heterocycles. The maximum atomic E-state index is 11.2. The van der Waals surface area contributed by atoms with Gasteiger partial charge < -0.3 is 19.3 Å². The van der Waals surface area contributed by atoms with Gasteiger partial charge in [0.15, 0.2) is 11.5 Å². The van der Waals surface area contributed by atoms with E-state index in [1.807, 2.05) is 19.9 Å². The van der Waals surface area contributed by atoms with Gasteiger partial charge in [-0.15, -0.1) is 0 Å². The molecule has 5 heteroatoms. The second-order valence-corrected chi connectivity index (χ2v) is 5.36. The number of benzene rings is 1. The molecule has 0 saturated carbocycles. The fourth-order valence-corrected chi connectivity index (χ4v) is 2.00. The first kappa shape index (κ1) is 18.3. The van der Waals surface area contributed by atoms with Crippen LogP contribution in [0.2, 0.25) is 0 Å². The van der Waals surface area contributed by atoms with Crippen molar-refractivity contribution < 1.29 is 24.1 Å². The molecule has 0 radical (unpaired) electrons. The van der Waals surface area contributed by atoms with Crippen molar-refractivity contribution in [1.82, 2.24) is 0 Å². The predicted octanol–water partition coefficient (Wildman–Crippen LogP) is 3.11. The topological polar surface area (TPSA) is 65.0 Å². The monoisotopic (exact) mass is 310 g/mol. The molecule has 0 aliphatic carbocycles. The number of hydrogen-bond donors (Lipinski definition) is 1. The summed E-state index contributed by atoms with van der Waals surface area (Å²) in [5, 5.41) is 10.1. The number of rotatable bonds is 9. The predicted molar refractivity (Wildman–Crippen MR) is 84.2 cm³/mol. The van der Waals surface area contributed by atoms with Gasteiger partial charge in [-0.2, -0.15) is 0 Å². The van der Waals surface area contributed by atoms with Crippen LogP contribution in [0.15, 0.2) is 18.2 Å². The average Bonchev–Trinajstić information content (AvgIpc) is 2.51. The second-order valence-electron chi connectivity index (χ2n) is 5.36. The zero-order valence-electron chi connectivity index (χ0n) is 13.8. The van der Waals surface area contributed by atoms with Crippen LogP contribution in [0.5, 0.6) is 11.5 Å². The van der Waals surface area contributed by atoms with Crippen LogP contribution in [0.4, 0.5) is 0 Å². The Labute approximate surface area is 132 Å². The molecular formula is C17H26O5. The molecule has 1 aromatic rings. The molecule has 1 aromatic carbocycles. The minimum absolute atomic E-state index is 0.126. The van der Waals surface area contributed by atoms with Crippen LogP contribution in [0.25, 0.3) is 0 Å². The molecule has 124 valence electrons. The highest BCUT2D eigenvalue weighted by Gasteiger charge is 2.15. The Morgan fingerprint density at radius 1 is 1.27 bits per heavy atom. The van der Waals surface area contributed by atoms with E-state index in [2.05, 4.69) is 0 Å². The van der Waals surface area contributed by atoms with Crippen molar-refractivity contribution in [2.45, 2.75) is 39.7 Å². The summed E-state index contributed by atoms with van der Waals surface area (Å²) in [5.41, 5.74) is 0.797. The number of hydrogen-bond acceptors (Lipinski definition) is 5. The number of methoxy groups -OCH3 is 1. The Hall–Kier alpha value is -1.75. The molecule has 5 nitrogen and oxygen atoms in total. The van der Waals surface area contributed by atoms with Crippen molar-refractivity contribution in [2.24, 2.45) is 5.92 Å². The average molecular weight is 310 g/mol. The van der Waals surface area contributed by atoms with Crippen molar-refractivity contribution in [1.29, 1.82) is 0 Å². The van der Waals surface area contributed by atoms with Crippen LogP contribution >= 0.6 is 0 Å². The van der Waals surface area contributed by atoms with E-state index < -0.39 is 6.10 Å². The van der Waals surface area contributed by atoms with Crippen molar-refractivity contribution >= 4 is 5.97 Å². The molecule has 0 heterocycles. The van der Waals surface area contributed by atoms with Crippen LogP contribution in [0.3, 0.4) is 0 Å². The largest absolute Gasteiger partial charge is 0.493 e. The van der Waals surface area contributed by atoms with Gasteiger partial charge in [0.2, 0.25) is 0 Å². The summed E-state index contributed by atoms with van der Waals surface area (Å²) in [6.45, 7) is 6.49. The number of carbonyl (C=O) groups excluding carboxylic acids is 1. The number of ether oxygens (including phenoxy) is 3. The molecule has 1 N–H and O–H groups in total. The number of carbonyl (C=O) groups is 1. The smallest absolute Gasteiger partial charge is 0.305 e. The van der Waals surface area contributed by atoms with E-state index >= 15 is 0 Å². The summed E-state index contributed by atoms with van der Waals surface area (Å²) in [6.07, 6.45) is 0.380. The molecule has 0 bridgehead atoms. The van der Waals surface area contributed by atoms with Gasteiger partial charge in [0, 0.05) is 6.42 Å². The first-order valence-electron chi connectivity index (χ1n) is 7.64. The highest BCUT2D eigenvalue weighted by Crippen LogP contribution is 2.32. The molecule has 0 fully saturated rings. The number of esters is 1. The standard InChI is InChI=1S/C17H26O5/c1-5-21-16(18)7-6-10-22-14-9-8-13(11-15(14)20-4)17(19)12(2)3/h8-9,11-12,17,19H,5-7,10H2,1-4H3. The van der Waals surface area contributed by atoms with Gasteiger partial charge in [-0.3, -0.25) is 4.79 Å². The van der Waals surface area contributed by atoms with Crippen molar-refractivity contribution in [3.05, 3.63) is 23.8 Å². The van der Waals surface area contributed by atoms with Crippen LogP contribution < -0.4 is 9.47 Å². The van der Waals surface area contributed by atoms with Gasteiger partial charge >= 0.3 is 5.97 Å². The molecule has 0 saturated heterocycles. The normalized spacial score (nSPS) is 12.1. The van der Waals surface area contributed by atoms with E-state index in [0.29, 0.717) is 37.6 Å². The molecule has 1 rings (SSSR count). The maximum Gasteiger partial charge on any atom is 0.305 e. The molecular weight excluding hydrogens is 284 g/mol. The third-order valence-corrected chi connectivity index (χ3v) is 3.25. The minimum atomic E-state index is -0.535. The lowest BCUT2D eigenvalue weighted by Gasteiger charge is -2.17. The molecule has 0 amide bonds. The third-order valence-electron chi connectivity index (χ3n) is 3.25. The summed E-state index contributed by atoms with van der Waals surface area (Å²) in [4.78, 5) is 11.2. The fraction of sp³-hybridized carbons (Fsp3) is 0.588. The maximum absolute atomic E-state index is 11.2. The van der Waals surface area contributed by atoms with Crippen LogP contribution in [-0.2, 0) is 9.53 Å². The number of aliphatic hydroxyl groups is 1. The van der Waals surface area contributed by atoms with Gasteiger partial charge in [-0.05, 0) is 37.0 Å². The lowest BCUT2D eigenvalue weighted by atomic mass is 9.99. The number of aliphatic hydroxyl groups excluding tert-OH is 1. The van der Waals surface area contributed by atoms with E-state index in [0.717, 1.165) is 5.56 Å². The molecule has 0 aliphatic heterocycles. The van der Waals surface area contributed by atoms with E-state index in [1.165, 1.54) is 0 Å². The summed E-state index contributed by atoms with van der Waals surface area (Å²) in [7, 11) is 1.56. The summed E-state index contributed by atoms with van der Waals surface area (Å²) >= 11 is 0. The van der Waals surface area contributed by atoms with Gasteiger partial charge in [0.25, 0.3) is 0 Å². The van der Waals surface area contributed by atoms with E-state index in [9.17, 15) is 9.90 Å². The molecule has 0 aliphatic rings. The Balaban J connectivity index is 2.58. The summed E-state index contributed by atoms with van der Waals surface area (Å²) in [5.74, 6) is 1.09. The van der Waals surface area contributed by atoms with Crippen molar-refractivity contribution in [3.8, 4) is 11.5 Å². The van der Waals surface area contributed by atoms with Crippen LogP contribution in [0.1, 0.15) is 45.3 Å². The molecule has 1 unspecified atom stereocenters. The third kappa shape index (κ3) is 5.56. The lowest BCUT2D eigenvalue weighted by Crippen LogP contribution is -2.08. The minimum Gasteiger partial charge on any atom is -0.493 e.